The first-order chi connectivity index (χ1) is 20.4. The van der Waals surface area contributed by atoms with Crippen LogP contribution in [0.15, 0.2) is 70.4 Å². The van der Waals surface area contributed by atoms with Crippen molar-refractivity contribution in [3.8, 4) is 11.5 Å². The molecule has 2 aliphatic carbocycles. The minimum absolute atomic E-state index is 0.0171. The summed E-state index contributed by atoms with van der Waals surface area (Å²) in [6.45, 7) is 17.8. The van der Waals surface area contributed by atoms with Crippen LogP contribution >= 0.6 is 0 Å². The van der Waals surface area contributed by atoms with Gasteiger partial charge in [-0.3, -0.25) is 14.4 Å². The molecule has 1 aromatic rings. The molecule has 1 aromatic carbocycles. The zero-order chi connectivity index (χ0) is 33.2. The lowest BCUT2D eigenvalue weighted by Gasteiger charge is -2.60. The number of aromatic hydroxyl groups is 2. The molecule has 0 spiro atoms. The number of allylic oxidation sites excluding steroid dienone is 9. The zero-order valence-corrected chi connectivity index (χ0v) is 27.9. The molecule has 0 amide bonds. The Morgan fingerprint density at radius 2 is 1.41 bits per heavy atom. The highest BCUT2D eigenvalue weighted by atomic mass is 16.3. The van der Waals surface area contributed by atoms with Gasteiger partial charge in [0.25, 0.3) is 0 Å². The van der Waals surface area contributed by atoms with Crippen molar-refractivity contribution in [2.45, 2.75) is 101 Å². The first-order valence-corrected chi connectivity index (χ1v) is 15.6. The molecule has 0 unspecified atom stereocenters. The number of aliphatic hydroxyl groups excluding tert-OH is 1. The quantitative estimate of drug-likeness (QED) is 0.0616. The van der Waals surface area contributed by atoms with Gasteiger partial charge < -0.3 is 15.3 Å². The number of phenols is 2. The van der Waals surface area contributed by atoms with Gasteiger partial charge in [-0.15, -0.1) is 0 Å². The molecule has 0 saturated heterocycles. The lowest BCUT2D eigenvalue weighted by atomic mass is 9.38. The van der Waals surface area contributed by atoms with Crippen molar-refractivity contribution in [2.24, 2.45) is 22.2 Å². The summed E-state index contributed by atoms with van der Waals surface area (Å²) < 4.78 is 0. The summed E-state index contributed by atoms with van der Waals surface area (Å²) in [6.07, 6.45) is 11.1. The Morgan fingerprint density at radius 3 is 1.98 bits per heavy atom. The third-order valence-electron chi connectivity index (χ3n) is 9.82. The number of benzene rings is 1. The van der Waals surface area contributed by atoms with Crippen LogP contribution in [0.1, 0.15) is 106 Å². The minimum atomic E-state index is -1.59. The van der Waals surface area contributed by atoms with E-state index >= 15 is 0 Å². The Hall–Kier alpha value is -3.67. The van der Waals surface area contributed by atoms with Crippen LogP contribution in [-0.4, -0.2) is 32.7 Å². The number of ketones is 3. The highest BCUT2D eigenvalue weighted by Crippen LogP contribution is 2.65. The van der Waals surface area contributed by atoms with Crippen molar-refractivity contribution in [3.63, 3.8) is 0 Å². The van der Waals surface area contributed by atoms with Crippen molar-refractivity contribution < 1.29 is 29.7 Å². The fourth-order valence-corrected chi connectivity index (χ4v) is 6.86. The summed E-state index contributed by atoms with van der Waals surface area (Å²) in [4.78, 5) is 44.3. The Kier molecular flexibility index (Phi) is 10.4. The second-order valence-electron chi connectivity index (χ2n) is 14.1. The monoisotopic (exact) mass is 602 g/mol. The fraction of sp³-hybridized carbons (Fsp3) is 0.500. The van der Waals surface area contributed by atoms with Gasteiger partial charge in [-0.25, -0.2) is 0 Å². The lowest BCUT2D eigenvalue weighted by molar-refractivity contribution is -0.176. The normalized spacial score (nSPS) is 25.8. The van der Waals surface area contributed by atoms with Crippen molar-refractivity contribution in [1.29, 1.82) is 0 Å². The highest BCUT2D eigenvalue weighted by Gasteiger charge is 2.73. The Bertz CT molecular complexity index is 1480. The van der Waals surface area contributed by atoms with E-state index in [0.29, 0.717) is 6.42 Å². The standard InChI is InChI=1S/C38H50O6/c1-23(2)11-10-12-26(7)13-15-28-22-37(19-17-24(3)4)33(42)31(32(41)27-14-16-29(39)30(40)21-27)34(43)38(35(37)44,36(28,8)9)20-18-25(5)6/h11,13-14,16-18,21,28,39-41H,10,12,15,19-20,22H2,1-9H3/b26-13-,32-31?/t28-,37-,38+/m0/s1. The number of phenolic OH excluding ortho intramolecular Hbond substituents is 2. The van der Waals surface area contributed by atoms with E-state index in [1.54, 1.807) is 0 Å². The van der Waals surface area contributed by atoms with Gasteiger partial charge in [-0.05, 0) is 117 Å². The summed E-state index contributed by atoms with van der Waals surface area (Å²) in [5.74, 6) is -3.36. The Labute approximate surface area is 263 Å². The van der Waals surface area contributed by atoms with Crippen LogP contribution in [0, 0.1) is 22.2 Å². The fourth-order valence-electron chi connectivity index (χ4n) is 6.86. The van der Waals surface area contributed by atoms with E-state index in [1.165, 1.54) is 23.3 Å². The molecule has 238 valence electrons. The Morgan fingerprint density at radius 1 is 0.818 bits per heavy atom. The third kappa shape index (κ3) is 6.27. The molecule has 3 atom stereocenters. The summed E-state index contributed by atoms with van der Waals surface area (Å²) in [5, 5.41) is 31.5. The van der Waals surface area contributed by atoms with Crippen LogP contribution in [0.3, 0.4) is 0 Å². The molecule has 2 aliphatic rings. The predicted molar refractivity (Wildman–Crippen MR) is 176 cm³/mol. The molecular formula is C38H50O6. The molecule has 0 aromatic heterocycles. The van der Waals surface area contributed by atoms with Crippen LogP contribution in [0.4, 0.5) is 0 Å². The van der Waals surface area contributed by atoms with Crippen molar-refractivity contribution in [2.75, 3.05) is 0 Å². The number of carbonyl (C=O) groups is 3. The molecule has 2 saturated carbocycles. The van der Waals surface area contributed by atoms with Gasteiger partial charge in [0, 0.05) is 5.56 Å². The van der Waals surface area contributed by atoms with Crippen LogP contribution in [0.2, 0.25) is 0 Å². The average Bonchev–Trinajstić information content (AvgIpc) is 2.92. The summed E-state index contributed by atoms with van der Waals surface area (Å²) in [5.41, 5.74) is 0.00501. The van der Waals surface area contributed by atoms with Crippen LogP contribution in [-0.2, 0) is 14.4 Å². The largest absolute Gasteiger partial charge is 0.506 e. The van der Waals surface area contributed by atoms with Gasteiger partial charge in [-0.1, -0.05) is 60.4 Å². The molecule has 3 N–H and O–H groups in total. The molecule has 0 radical (unpaired) electrons. The maximum Gasteiger partial charge on any atom is 0.184 e. The van der Waals surface area contributed by atoms with Crippen molar-refractivity contribution in [1.82, 2.24) is 0 Å². The van der Waals surface area contributed by atoms with Gasteiger partial charge in [0.2, 0.25) is 0 Å². The van der Waals surface area contributed by atoms with E-state index in [-0.39, 0.29) is 36.5 Å². The number of aliphatic hydroxyl groups is 1. The van der Waals surface area contributed by atoms with Gasteiger partial charge >= 0.3 is 0 Å². The maximum absolute atomic E-state index is 14.9. The topological polar surface area (TPSA) is 112 Å². The molecule has 3 rings (SSSR count). The SMILES string of the molecule is CC(C)=CCC/C(C)=C\C[C@H]1C[C@@]2(CC=C(C)C)C(=O)C(=C(O)c3ccc(O)c(O)c3)C(=O)[C@](CC=C(C)C)(C2=O)C1(C)C. The number of hydrogen-bond donors (Lipinski definition) is 3. The van der Waals surface area contributed by atoms with E-state index in [9.17, 15) is 29.7 Å². The lowest BCUT2D eigenvalue weighted by Crippen LogP contribution is -2.69. The number of rotatable bonds is 10. The molecule has 44 heavy (non-hydrogen) atoms. The molecule has 0 heterocycles. The summed E-state index contributed by atoms with van der Waals surface area (Å²) >= 11 is 0. The van der Waals surface area contributed by atoms with Crippen molar-refractivity contribution >= 4 is 23.1 Å². The molecule has 0 aliphatic heterocycles. The highest BCUT2D eigenvalue weighted by molar-refractivity contribution is 6.41. The van der Waals surface area contributed by atoms with Gasteiger partial charge in [0.05, 0.1) is 5.41 Å². The smallest absolute Gasteiger partial charge is 0.184 e. The molecular weight excluding hydrogens is 552 g/mol. The second-order valence-corrected chi connectivity index (χ2v) is 14.1. The second kappa shape index (κ2) is 13.1. The van der Waals surface area contributed by atoms with Crippen LogP contribution in [0.25, 0.3) is 5.76 Å². The maximum atomic E-state index is 14.9. The summed E-state index contributed by atoms with van der Waals surface area (Å²) in [6, 6.07) is 3.65. The number of Topliss-reactive ketones (excluding diaryl/α,β-unsaturated/α-hetero) is 3. The molecule has 2 bridgehead atoms. The molecule has 6 heteroatoms. The first-order valence-electron chi connectivity index (χ1n) is 15.6. The summed E-state index contributed by atoms with van der Waals surface area (Å²) in [7, 11) is 0. The van der Waals surface area contributed by atoms with E-state index in [1.807, 2.05) is 53.7 Å². The minimum Gasteiger partial charge on any atom is -0.506 e. The van der Waals surface area contributed by atoms with Crippen molar-refractivity contribution in [3.05, 3.63) is 75.9 Å². The van der Waals surface area contributed by atoms with E-state index in [4.69, 9.17) is 0 Å². The van der Waals surface area contributed by atoms with E-state index in [2.05, 4.69) is 32.9 Å². The zero-order valence-electron chi connectivity index (χ0n) is 27.9. The predicted octanol–water partition coefficient (Wildman–Crippen LogP) is 8.90. The molecule has 6 nitrogen and oxygen atoms in total. The van der Waals surface area contributed by atoms with Gasteiger partial charge in [0.15, 0.2) is 28.8 Å². The Balaban J connectivity index is 2.32. The number of hydrogen-bond acceptors (Lipinski definition) is 6. The van der Waals surface area contributed by atoms with E-state index in [0.717, 1.165) is 30.1 Å². The van der Waals surface area contributed by atoms with Crippen LogP contribution < -0.4 is 0 Å². The van der Waals surface area contributed by atoms with Gasteiger partial charge in [-0.2, -0.15) is 0 Å². The number of fused-ring (bicyclic) bond motifs is 2. The first kappa shape index (κ1) is 34.8. The van der Waals surface area contributed by atoms with Crippen LogP contribution in [0.5, 0.6) is 11.5 Å². The van der Waals surface area contributed by atoms with E-state index < -0.39 is 50.6 Å². The van der Waals surface area contributed by atoms with Gasteiger partial charge in [0.1, 0.15) is 16.7 Å². The third-order valence-corrected chi connectivity index (χ3v) is 9.82. The number of carbonyl (C=O) groups excluding carboxylic acids is 3. The average molecular weight is 603 g/mol. The molecule has 2 fully saturated rings.